The Morgan fingerprint density at radius 1 is 0.925 bits per heavy atom. The quantitative estimate of drug-likeness (QED) is 0.154. The second-order valence-electron chi connectivity index (χ2n) is 10.4. The Hall–Kier alpha value is -3.80. The van der Waals surface area contributed by atoms with Crippen molar-refractivity contribution in [3.8, 4) is 11.5 Å². The monoisotopic (exact) mass is 544 g/mol. The number of allylic oxidation sites excluding steroid dienone is 3. The molecular weight excluding hydrogens is 500 g/mol. The van der Waals surface area contributed by atoms with Crippen molar-refractivity contribution in [1.82, 2.24) is 4.57 Å². The zero-order valence-electron chi connectivity index (χ0n) is 24.7. The van der Waals surface area contributed by atoms with Gasteiger partial charge in [0.2, 0.25) is 5.75 Å². The van der Waals surface area contributed by atoms with E-state index in [1.54, 1.807) is 16.7 Å². The number of unbranched alkanes of at least 4 members (excludes halogenated alkanes) is 3. The number of pyridine rings is 1. The van der Waals surface area contributed by atoms with Crippen LogP contribution in [0.3, 0.4) is 0 Å². The van der Waals surface area contributed by atoms with Crippen LogP contribution in [0.25, 0.3) is 10.9 Å². The summed E-state index contributed by atoms with van der Waals surface area (Å²) in [7, 11) is 0. The van der Waals surface area contributed by atoms with Crippen LogP contribution >= 0.6 is 0 Å². The van der Waals surface area contributed by atoms with Gasteiger partial charge >= 0.3 is 0 Å². The topological polar surface area (TPSA) is 69.6 Å². The van der Waals surface area contributed by atoms with Crippen LogP contribution in [0.1, 0.15) is 83.5 Å². The predicted molar refractivity (Wildman–Crippen MR) is 166 cm³/mol. The van der Waals surface area contributed by atoms with Crippen LogP contribution < -0.4 is 20.3 Å². The summed E-state index contributed by atoms with van der Waals surface area (Å²) in [5.41, 5.74) is 4.19. The minimum Gasteiger partial charge on any atom is -0.485 e. The molecule has 6 heteroatoms. The summed E-state index contributed by atoms with van der Waals surface area (Å²) in [6, 6.07) is 14.6. The molecule has 1 heterocycles. The molecule has 0 aliphatic carbocycles. The summed E-state index contributed by atoms with van der Waals surface area (Å²) in [6.07, 6.45) is 10.4. The summed E-state index contributed by atoms with van der Waals surface area (Å²) in [5.74, 6) is 0.500. The third-order valence-electron chi connectivity index (χ3n) is 6.78. The lowest BCUT2D eigenvalue weighted by Crippen LogP contribution is -2.23. The van der Waals surface area contributed by atoms with Crippen LogP contribution in [0.15, 0.2) is 76.6 Å². The Balaban J connectivity index is 1.95. The maximum Gasteiger partial charge on any atom is 0.297 e. The number of benzene rings is 2. The molecule has 214 valence electrons. The number of anilines is 1. The molecule has 1 aromatic heterocycles. The number of hydrogen-bond donors (Lipinski definition) is 1. The summed E-state index contributed by atoms with van der Waals surface area (Å²) >= 11 is 0. The van der Waals surface area contributed by atoms with Crippen molar-refractivity contribution in [2.75, 3.05) is 18.5 Å². The highest BCUT2D eigenvalue weighted by Gasteiger charge is 2.20. The number of carbonyl (C=O) groups is 1. The fraction of sp³-hybridized carbons (Fsp3) is 0.412. The van der Waals surface area contributed by atoms with E-state index in [0.717, 1.165) is 43.9 Å². The first-order valence-electron chi connectivity index (χ1n) is 14.5. The number of fused-ring (bicyclic) bond motifs is 1. The van der Waals surface area contributed by atoms with Crippen molar-refractivity contribution in [2.45, 2.75) is 79.7 Å². The summed E-state index contributed by atoms with van der Waals surface area (Å²) in [5, 5.41) is 3.73. The SMILES string of the molecule is CCCCCCOc1c(OCC=C(C)CCC=C(C)C)c2ccc(NC(=O)c3ccccc3)cc2n(CC)c1=O. The molecule has 1 N–H and O–H groups in total. The molecule has 0 atom stereocenters. The normalized spacial score (nSPS) is 11.4. The van der Waals surface area contributed by atoms with Crippen LogP contribution in [0.5, 0.6) is 11.5 Å². The molecule has 0 aliphatic rings. The maximum atomic E-state index is 13.7. The molecule has 2 aromatic carbocycles. The molecule has 0 saturated carbocycles. The Morgan fingerprint density at radius 3 is 2.40 bits per heavy atom. The van der Waals surface area contributed by atoms with Crippen molar-refractivity contribution < 1.29 is 14.3 Å². The summed E-state index contributed by atoms with van der Waals surface area (Å²) < 4.78 is 14.1. The molecular formula is C34H44N2O4. The van der Waals surface area contributed by atoms with Gasteiger partial charge in [-0.3, -0.25) is 9.59 Å². The van der Waals surface area contributed by atoms with Gasteiger partial charge in [-0.1, -0.05) is 61.6 Å². The van der Waals surface area contributed by atoms with Gasteiger partial charge in [-0.15, -0.1) is 0 Å². The van der Waals surface area contributed by atoms with Crippen LogP contribution in [0.2, 0.25) is 0 Å². The van der Waals surface area contributed by atoms with E-state index in [1.807, 2.05) is 43.3 Å². The molecule has 1 amide bonds. The van der Waals surface area contributed by atoms with Gasteiger partial charge in [-0.2, -0.15) is 0 Å². The molecule has 3 rings (SSSR count). The van der Waals surface area contributed by atoms with E-state index in [0.29, 0.717) is 42.3 Å². The van der Waals surface area contributed by atoms with Gasteiger partial charge in [-0.25, -0.2) is 0 Å². The Bertz CT molecular complexity index is 1380. The third-order valence-corrected chi connectivity index (χ3v) is 6.78. The number of rotatable bonds is 15. The number of nitrogens with one attached hydrogen (secondary N) is 1. The first-order chi connectivity index (χ1) is 19.3. The van der Waals surface area contributed by atoms with Gasteiger partial charge < -0.3 is 19.4 Å². The smallest absolute Gasteiger partial charge is 0.297 e. The zero-order valence-corrected chi connectivity index (χ0v) is 24.7. The van der Waals surface area contributed by atoms with Crippen LogP contribution in [0, 0.1) is 0 Å². The second-order valence-corrected chi connectivity index (χ2v) is 10.4. The molecule has 0 fully saturated rings. The minimum absolute atomic E-state index is 0.206. The number of hydrogen-bond acceptors (Lipinski definition) is 4. The molecule has 40 heavy (non-hydrogen) atoms. The molecule has 0 saturated heterocycles. The molecule has 0 unspecified atom stereocenters. The van der Waals surface area contributed by atoms with Gasteiger partial charge in [0.15, 0.2) is 5.75 Å². The minimum atomic E-state index is -0.226. The molecule has 0 spiro atoms. The fourth-order valence-corrected chi connectivity index (χ4v) is 4.51. The Morgan fingerprint density at radius 2 is 1.70 bits per heavy atom. The van der Waals surface area contributed by atoms with Crippen LogP contribution in [-0.4, -0.2) is 23.7 Å². The number of aryl methyl sites for hydroxylation is 1. The number of ether oxygens (including phenoxy) is 2. The average molecular weight is 545 g/mol. The third kappa shape index (κ3) is 8.60. The highest BCUT2D eigenvalue weighted by molar-refractivity contribution is 6.05. The Kier molecular flexibility index (Phi) is 12.1. The molecule has 0 bridgehead atoms. The molecule has 0 radical (unpaired) electrons. The lowest BCUT2D eigenvalue weighted by Gasteiger charge is -2.18. The zero-order chi connectivity index (χ0) is 28.9. The van der Waals surface area contributed by atoms with Gasteiger partial charge in [0.05, 0.1) is 12.1 Å². The number of nitrogens with zero attached hydrogens (tertiary/aromatic N) is 1. The van der Waals surface area contributed by atoms with Crippen molar-refractivity contribution in [1.29, 1.82) is 0 Å². The van der Waals surface area contributed by atoms with Crippen molar-refractivity contribution in [3.63, 3.8) is 0 Å². The van der Waals surface area contributed by atoms with E-state index in [2.05, 4.69) is 45.2 Å². The van der Waals surface area contributed by atoms with Crippen molar-refractivity contribution >= 4 is 22.5 Å². The van der Waals surface area contributed by atoms with E-state index < -0.39 is 0 Å². The number of amides is 1. The Labute approximate surface area is 238 Å². The molecule has 3 aromatic rings. The van der Waals surface area contributed by atoms with Gasteiger partial charge in [0.1, 0.15) is 6.61 Å². The lowest BCUT2D eigenvalue weighted by molar-refractivity contribution is 0.102. The molecule has 0 aliphatic heterocycles. The largest absolute Gasteiger partial charge is 0.485 e. The maximum absolute atomic E-state index is 13.7. The average Bonchev–Trinajstić information content (AvgIpc) is 2.94. The van der Waals surface area contributed by atoms with E-state index in [9.17, 15) is 9.59 Å². The second kappa shape index (κ2) is 15.7. The van der Waals surface area contributed by atoms with Crippen LogP contribution in [0.4, 0.5) is 5.69 Å². The molecule has 6 nitrogen and oxygen atoms in total. The highest BCUT2D eigenvalue weighted by atomic mass is 16.5. The van der Waals surface area contributed by atoms with E-state index in [-0.39, 0.29) is 17.2 Å². The van der Waals surface area contributed by atoms with Gasteiger partial charge in [0.25, 0.3) is 11.5 Å². The lowest BCUT2D eigenvalue weighted by atomic mass is 10.1. The predicted octanol–water partition coefficient (Wildman–Crippen LogP) is 8.30. The van der Waals surface area contributed by atoms with E-state index >= 15 is 0 Å². The van der Waals surface area contributed by atoms with E-state index in [1.165, 1.54) is 11.1 Å². The fourth-order valence-electron chi connectivity index (χ4n) is 4.51. The van der Waals surface area contributed by atoms with Gasteiger partial charge in [0, 0.05) is 23.2 Å². The summed E-state index contributed by atoms with van der Waals surface area (Å²) in [6.45, 7) is 11.7. The van der Waals surface area contributed by atoms with Crippen LogP contribution in [-0.2, 0) is 6.54 Å². The first-order valence-corrected chi connectivity index (χ1v) is 14.5. The van der Waals surface area contributed by atoms with Crippen molar-refractivity contribution in [2.24, 2.45) is 0 Å². The van der Waals surface area contributed by atoms with Crippen molar-refractivity contribution in [3.05, 3.63) is 87.7 Å². The van der Waals surface area contributed by atoms with Gasteiger partial charge in [-0.05, 0) is 83.4 Å². The van der Waals surface area contributed by atoms with E-state index in [4.69, 9.17) is 9.47 Å². The first kappa shape index (κ1) is 30.7. The standard InChI is InChI=1S/C34H44N2O4/c1-6-8-9-13-22-39-32-31(40-23-21-26(5)16-14-15-25(3)4)29-20-19-28(24-30(29)36(7-2)34(32)38)35-33(37)27-17-11-10-12-18-27/h10-12,15,17-21,24H,6-9,13-14,16,22-23H2,1-5H3,(H,35,37). The number of aromatic nitrogens is 1. The number of carbonyl (C=O) groups excluding carboxylic acids is 1. The summed E-state index contributed by atoms with van der Waals surface area (Å²) in [4.78, 5) is 26.4. The highest BCUT2D eigenvalue weighted by Crippen LogP contribution is 2.35.